The third-order valence-corrected chi connectivity index (χ3v) is 4.34. The van der Waals surface area contributed by atoms with E-state index in [4.69, 9.17) is 9.47 Å². The maximum atomic E-state index is 13.1. The van der Waals surface area contributed by atoms with Gasteiger partial charge >= 0.3 is 6.61 Å². The number of hydrogen-bond acceptors (Lipinski definition) is 4. The molecule has 0 aliphatic heterocycles. The van der Waals surface area contributed by atoms with E-state index in [1.807, 2.05) is 0 Å². The molecule has 2 aromatic rings. The Morgan fingerprint density at radius 1 is 1.11 bits per heavy atom. The van der Waals surface area contributed by atoms with Crippen molar-refractivity contribution in [1.82, 2.24) is 5.32 Å². The minimum Gasteiger partial charge on any atom is -0.493 e. The van der Waals surface area contributed by atoms with Gasteiger partial charge in [-0.1, -0.05) is 6.07 Å². The average molecular weight is 462 g/mol. The van der Waals surface area contributed by atoms with Gasteiger partial charge in [0.2, 0.25) is 0 Å². The molecule has 0 aliphatic carbocycles. The third kappa shape index (κ3) is 6.33. The molecule has 1 N–H and O–H groups in total. The molecule has 0 radical (unpaired) electrons. The highest BCUT2D eigenvalue weighted by Gasteiger charge is 2.16. The molecule has 2 aromatic carbocycles. The summed E-state index contributed by atoms with van der Waals surface area (Å²) in [6, 6.07) is 8.54. The van der Waals surface area contributed by atoms with Gasteiger partial charge < -0.3 is 19.5 Å². The summed E-state index contributed by atoms with van der Waals surface area (Å²) in [4.78, 5) is 12.2. The first-order valence-corrected chi connectivity index (χ1v) is 9.10. The van der Waals surface area contributed by atoms with Crippen molar-refractivity contribution in [1.29, 1.82) is 0 Å². The fourth-order valence-corrected chi connectivity index (χ4v) is 2.80. The first kappa shape index (κ1) is 21.9. The first-order chi connectivity index (χ1) is 13.3. The van der Waals surface area contributed by atoms with Crippen LogP contribution < -0.4 is 19.5 Å². The van der Waals surface area contributed by atoms with E-state index in [2.05, 4.69) is 26.0 Å². The number of alkyl halides is 2. The van der Waals surface area contributed by atoms with Gasteiger partial charge in [0.05, 0.1) is 11.6 Å². The average Bonchev–Trinajstić information content (AvgIpc) is 2.63. The molecule has 5 nitrogen and oxygen atoms in total. The van der Waals surface area contributed by atoms with Gasteiger partial charge in [-0.25, -0.2) is 4.39 Å². The minimum absolute atomic E-state index is 0.0702. The standard InChI is InChI=1S/C19H19BrF3NO4/c1-11(27-15-6-4-13(21)10-14(15)20)18(25)24-8-7-12-3-5-16(26-2)17(9-12)28-19(22)23/h3-6,9-11,19H,7-8H2,1-2H3,(H,24,25). The van der Waals surface area contributed by atoms with Crippen molar-refractivity contribution in [2.45, 2.75) is 26.1 Å². The van der Waals surface area contributed by atoms with Crippen LogP contribution in [0.15, 0.2) is 40.9 Å². The normalized spacial score (nSPS) is 11.8. The topological polar surface area (TPSA) is 56.8 Å². The zero-order valence-electron chi connectivity index (χ0n) is 15.2. The lowest BCUT2D eigenvalue weighted by Gasteiger charge is -2.16. The maximum absolute atomic E-state index is 13.1. The monoisotopic (exact) mass is 461 g/mol. The highest BCUT2D eigenvalue weighted by atomic mass is 79.9. The number of hydrogen-bond donors (Lipinski definition) is 1. The number of nitrogens with one attached hydrogen (secondary N) is 1. The Morgan fingerprint density at radius 2 is 1.82 bits per heavy atom. The molecule has 152 valence electrons. The lowest BCUT2D eigenvalue weighted by atomic mass is 10.1. The van der Waals surface area contributed by atoms with Gasteiger partial charge in [-0.2, -0.15) is 8.78 Å². The van der Waals surface area contributed by atoms with Gasteiger partial charge in [0, 0.05) is 6.54 Å². The number of amides is 1. The van der Waals surface area contributed by atoms with Gasteiger partial charge in [0.25, 0.3) is 5.91 Å². The Morgan fingerprint density at radius 3 is 2.46 bits per heavy atom. The van der Waals surface area contributed by atoms with Crippen LogP contribution in [-0.4, -0.2) is 32.3 Å². The van der Waals surface area contributed by atoms with Gasteiger partial charge in [-0.15, -0.1) is 0 Å². The Hall–Kier alpha value is -2.42. The fourth-order valence-electron chi connectivity index (χ4n) is 2.35. The molecule has 0 aromatic heterocycles. The molecule has 0 bridgehead atoms. The van der Waals surface area contributed by atoms with E-state index in [1.165, 1.54) is 37.4 Å². The van der Waals surface area contributed by atoms with Crippen LogP contribution in [0.25, 0.3) is 0 Å². The Balaban J connectivity index is 1.89. The van der Waals surface area contributed by atoms with E-state index >= 15 is 0 Å². The molecule has 1 atom stereocenters. The molecule has 0 aliphatic rings. The van der Waals surface area contributed by atoms with E-state index in [0.29, 0.717) is 22.2 Å². The molecule has 0 saturated heterocycles. The molecule has 0 heterocycles. The second kappa shape index (κ2) is 10.2. The predicted octanol–water partition coefficient (Wildman–Crippen LogP) is 4.32. The van der Waals surface area contributed by atoms with E-state index in [9.17, 15) is 18.0 Å². The lowest BCUT2D eigenvalue weighted by Crippen LogP contribution is -2.37. The Labute approximate surface area is 168 Å². The highest BCUT2D eigenvalue weighted by Crippen LogP contribution is 2.29. The summed E-state index contributed by atoms with van der Waals surface area (Å²) in [6.45, 7) is -1.14. The third-order valence-electron chi connectivity index (χ3n) is 3.72. The van der Waals surface area contributed by atoms with Crippen molar-refractivity contribution >= 4 is 21.8 Å². The highest BCUT2D eigenvalue weighted by molar-refractivity contribution is 9.10. The summed E-state index contributed by atoms with van der Waals surface area (Å²) in [5.74, 6) is -0.327. The molecule has 9 heteroatoms. The molecular formula is C19H19BrF3NO4. The van der Waals surface area contributed by atoms with Crippen LogP contribution in [0.5, 0.6) is 17.2 Å². The molecule has 0 fully saturated rings. The van der Waals surface area contributed by atoms with E-state index in [-0.39, 0.29) is 24.0 Å². The van der Waals surface area contributed by atoms with Crippen molar-refractivity contribution in [3.8, 4) is 17.2 Å². The molecule has 1 unspecified atom stereocenters. The van der Waals surface area contributed by atoms with Crippen molar-refractivity contribution in [2.75, 3.05) is 13.7 Å². The van der Waals surface area contributed by atoms with Crippen LogP contribution in [0.2, 0.25) is 0 Å². The Kier molecular flexibility index (Phi) is 7.98. The van der Waals surface area contributed by atoms with Crippen LogP contribution in [0.3, 0.4) is 0 Å². The number of benzene rings is 2. The summed E-state index contributed by atoms with van der Waals surface area (Å²) in [6.07, 6.45) is -0.419. The van der Waals surface area contributed by atoms with Crippen LogP contribution in [0.4, 0.5) is 13.2 Å². The first-order valence-electron chi connectivity index (χ1n) is 8.31. The second-order valence-corrected chi connectivity index (χ2v) is 6.59. The number of carbonyl (C=O) groups excluding carboxylic acids is 1. The van der Waals surface area contributed by atoms with Gasteiger partial charge in [-0.05, 0) is 65.2 Å². The SMILES string of the molecule is COc1ccc(CCNC(=O)C(C)Oc2ccc(F)cc2Br)cc1OC(F)F. The summed E-state index contributed by atoms with van der Waals surface area (Å²) < 4.78 is 53.4. The largest absolute Gasteiger partial charge is 0.493 e. The van der Waals surface area contributed by atoms with E-state index < -0.39 is 18.5 Å². The number of methoxy groups -OCH3 is 1. The summed E-state index contributed by atoms with van der Waals surface area (Å²) in [5.41, 5.74) is 0.687. The minimum atomic E-state index is -2.97. The van der Waals surface area contributed by atoms with Gasteiger partial charge in [0.1, 0.15) is 11.6 Å². The predicted molar refractivity (Wildman–Crippen MR) is 101 cm³/mol. The van der Waals surface area contributed by atoms with E-state index in [0.717, 1.165) is 0 Å². The quantitative estimate of drug-likeness (QED) is 0.603. The number of carbonyl (C=O) groups is 1. The van der Waals surface area contributed by atoms with Crippen LogP contribution in [0, 0.1) is 5.82 Å². The van der Waals surface area contributed by atoms with Crippen molar-refractivity contribution < 1.29 is 32.2 Å². The van der Waals surface area contributed by atoms with Crippen LogP contribution in [0.1, 0.15) is 12.5 Å². The maximum Gasteiger partial charge on any atom is 0.387 e. The van der Waals surface area contributed by atoms with Gasteiger partial charge in [0.15, 0.2) is 17.6 Å². The van der Waals surface area contributed by atoms with Crippen molar-refractivity contribution in [3.05, 3.63) is 52.3 Å². The molecule has 2 rings (SSSR count). The number of ether oxygens (including phenoxy) is 3. The molecule has 1 amide bonds. The summed E-state index contributed by atoms with van der Waals surface area (Å²) in [7, 11) is 1.36. The molecule has 0 saturated carbocycles. The number of halogens is 4. The van der Waals surface area contributed by atoms with Crippen molar-refractivity contribution in [3.63, 3.8) is 0 Å². The molecule has 0 spiro atoms. The molecule has 28 heavy (non-hydrogen) atoms. The van der Waals surface area contributed by atoms with Crippen molar-refractivity contribution in [2.24, 2.45) is 0 Å². The Bertz CT molecular complexity index is 820. The van der Waals surface area contributed by atoms with Crippen LogP contribution in [-0.2, 0) is 11.2 Å². The van der Waals surface area contributed by atoms with E-state index in [1.54, 1.807) is 13.0 Å². The van der Waals surface area contributed by atoms with Gasteiger partial charge in [-0.3, -0.25) is 4.79 Å². The fraction of sp³-hybridized carbons (Fsp3) is 0.316. The zero-order valence-corrected chi connectivity index (χ0v) is 16.8. The zero-order chi connectivity index (χ0) is 20.7. The lowest BCUT2D eigenvalue weighted by molar-refractivity contribution is -0.127. The van der Waals surface area contributed by atoms with Crippen LogP contribution >= 0.6 is 15.9 Å². The number of rotatable bonds is 9. The molecular weight excluding hydrogens is 443 g/mol. The summed E-state index contributed by atoms with van der Waals surface area (Å²) >= 11 is 3.17. The smallest absolute Gasteiger partial charge is 0.387 e. The second-order valence-electron chi connectivity index (χ2n) is 5.74. The summed E-state index contributed by atoms with van der Waals surface area (Å²) in [5, 5.41) is 2.70.